The fourth-order valence-corrected chi connectivity index (χ4v) is 9.98. The Morgan fingerprint density at radius 1 is 0.882 bits per heavy atom. The lowest BCUT2D eigenvalue weighted by Gasteiger charge is -2.49. The van der Waals surface area contributed by atoms with Crippen molar-refractivity contribution < 1.29 is 38.2 Å². The van der Waals surface area contributed by atoms with Crippen LogP contribution in [0.3, 0.4) is 0 Å². The molecule has 0 bridgehead atoms. The van der Waals surface area contributed by atoms with E-state index < -0.39 is 41.4 Å². The van der Waals surface area contributed by atoms with Crippen LogP contribution in [0.1, 0.15) is 89.6 Å². The second-order valence-electron chi connectivity index (χ2n) is 19.3. The van der Waals surface area contributed by atoms with Crippen molar-refractivity contribution in [1.29, 1.82) is 0 Å². The molecule has 0 spiro atoms. The van der Waals surface area contributed by atoms with Gasteiger partial charge in [0.25, 0.3) is 11.8 Å². The molecule has 8 heterocycles. The van der Waals surface area contributed by atoms with Gasteiger partial charge in [-0.1, -0.05) is 12.1 Å². The lowest BCUT2D eigenvalue weighted by molar-refractivity contribution is -0.136. The van der Waals surface area contributed by atoms with Crippen molar-refractivity contribution in [2.45, 2.75) is 84.0 Å². The lowest BCUT2D eigenvalue weighted by atomic mass is 9.98. The van der Waals surface area contributed by atoms with Crippen molar-refractivity contribution in [2.24, 2.45) is 0 Å². The minimum atomic E-state index is -0.998. The first-order chi connectivity index (χ1) is 32.6. The van der Waals surface area contributed by atoms with E-state index in [1.165, 1.54) is 0 Å². The van der Waals surface area contributed by atoms with Crippen molar-refractivity contribution in [3.63, 3.8) is 0 Å². The highest BCUT2D eigenvalue weighted by Gasteiger charge is 2.45. The summed E-state index contributed by atoms with van der Waals surface area (Å²) in [5.41, 5.74) is 6.81. The number of carbonyl (C=O) groups is 6. The van der Waals surface area contributed by atoms with Crippen molar-refractivity contribution in [3.05, 3.63) is 88.4 Å². The average molecular weight is 926 g/mol. The van der Waals surface area contributed by atoms with Gasteiger partial charge in [0, 0.05) is 81.4 Å². The predicted molar refractivity (Wildman–Crippen MR) is 250 cm³/mol. The van der Waals surface area contributed by atoms with E-state index in [0.29, 0.717) is 50.3 Å². The molecule has 0 aliphatic carbocycles. The molecule has 2 N–H and O–H groups in total. The Balaban J connectivity index is 0.709. The maximum absolute atomic E-state index is 13.8. The maximum atomic E-state index is 13.8. The summed E-state index contributed by atoms with van der Waals surface area (Å²) in [6, 6.07) is 12.3. The van der Waals surface area contributed by atoms with Gasteiger partial charge < -0.3 is 29.5 Å². The van der Waals surface area contributed by atoms with Crippen LogP contribution in [0.4, 0.5) is 33.5 Å². The first kappa shape index (κ1) is 44.7. The van der Waals surface area contributed by atoms with E-state index >= 15 is 0 Å². The highest BCUT2D eigenvalue weighted by atomic mass is 16.6. The third-order valence-electron chi connectivity index (χ3n) is 13.8. The van der Waals surface area contributed by atoms with Gasteiger partial charge in [0.05, 0.1) is 47.7 Å². The predicted octanol–water partition coefficient (Wildman–Crippen LogP) is 4.16. The van der Waals surface area contributed by atoms with E-state index in [0.717, 1.165) is 83.5 Å². The molecule has 1 unspecified atom stereocenters. The van der Waals surface area contributed by atoms with E-state index in [1.807, 2.05) is 76.0 Å². The molecule has 19 heteroatoms. The second-order valence-corrected chi connectivity index (χ2v) is 19.3. The average Bonchev–Trinajstić information content (AvgIpc) is 3.55. The van der Waals surface area contributed by atoms with E-state index in [-0.39, 0.29) is 41.8 Å². The number of amides is 6. The summed E-state index contributed by atoms with van der Waals surface area (Å²) >= 11 is 0. The number of imide groups is 2. The van der Waals surface area contributed by atoms with Gasteiger partial charge in [-0.3, -0.25) is 44.0 Å². The first-order valence-corrected chi connectivity index (χ1v) is 23.3. The molecule has 6 aliphatic rings. The number of pyridine rings is 1. The van der Waals surface area contributed by atoms with E-state index in [9.17, 15) is 28.8 Å². The van der Waals surface area contributed by atoms with Crippen LogP contribution in [0.5, 0.6) is 5.88 Å². The minimum Gasteiger partial charge on any atom is -0.474 e. The Morgan fingerprint density at radius 2 is 1.63 bits per heavy atom. The zero-order valence-corrected chi connectivity index (χ0v) is 38.9. The van der Waals surface area contributed by atoms with Crippen LogP contribution in [0.15, 0.2) is 54.9 Å². The Morgan fingerprint density at radius 3 is 2.37 bits per heavy atom. The number of benzene rings is 2. The number of nitrogens with zero attached hydrogens (tertiary/aromatic N) is 9. The zero-order chi connectivity index (χ0) is 47.6. The van der Waals surface area contributed by atoms with Crippen LogP contribution in [0.25, 0.3) is 0 Å². The standard InChI is InChI=1S/C49H55N11O8/c1-28(44(63)56-18-16-55(17-19-56)34-25-58(26-34)33-10-11-35-36(22-33)46(65)60(45(35)64)38-12-13-40(61)54-42(38)62)30-6-8-32(9-7-30)52-47-51-23-31-14-15-57(27-37(31)53-47)39-24-50-43-41(29(39)2)59(20-21-67-43)48(66)68-49(3,4)5/h6-11,22-24,28,34,38H,12-21,25-27H2,1-5H3,(H,51,52,53)(H,54,61,62)/t28-,38?/m0/s1. The van der Waals surface area contributed by atoms with E-state index in [4.69, 9.17) is 14.5 Å². The molecule has 19 nitrogen and oxygen atoms in total. The number of piperidine rings is 1. The molecular formula is C49H55N11O8. The number of hydrogen-bond acceptors (Lipinski definition) is 15. The molecule has 0 radical (unpaired) electrons. The molecule has 354 valence electrons. The van der Waals surface area contributed by atoms with Crippen LogP contribution in [0, 0.1) is 6.92 Å². The van der Waals surface area contributed by atoms with Crippen molar-refractivity contribution >= 4 is 64.3 Å². The molecule has 2 aromatic carbocycles. The van der Waals surface area contributed by atoms with E-state index in [1.54, 1.807) is 23.2 Å². The number of carbonyl (C=O) groups excluding carboxylic acids is 6. The molecular weight excluding hydrogens is 871 g/mol. The number of piperazine rings is 1. The van der Waals surface area contributed by atoms with Gasteiger partial charge in [0.2, 0.25) is 29.5 Å². The monoisotopic (exact) mass is 925 g/mol. The largest absolute Gasteiger partial charge is 0.474 e. The molecule has 4 aromatic rings. The second kappa shape index (κ2) is 17.5. The Bertz CT molecular complexity index is 2730. The van der Waals surface area contributed by atoms with Crippen LogP contribution in [0.2, 0.25) is 0 Å². The normalized spacial score (nSPS) is 20.2. The summed E-state index contributed by atoms with van der Waals surface area (Å²) in [4.78, 5) is 103. The Hall–Kier alpha value is -7.15. The van der Waals surface area contributed by atoms with Gasteiger partial charge >= 0.3 is 6.09 Å². The summed E-state index contributed by atoms with van der Waals surface area (Å²) in [5.74, 6) is -1.42. The number of nitrogens with one attached hydrogen (secondary N) is 2. The summed E-state index contributed by atoms with van der Waals surface area (Å²) in [7, 11) is 0. The molecule has 3 fully saturated rings. The quantitative estimate of drug-likeness (QED) is 0.239. The van der Waals surface area contributed by atoms with Crippen LogP contribution >= 0.6 is 0 Å². The molecule has 6 amide bonds. The fourth-order valence-electron chi connectivity index (χ4n) is 9.98. The molecule has 0 saturated carbocycles. The maximum Gasteiger partial charge on any atom is 0.415 e. The van der Waals surface area contributed by atoms with Crippen molar-refractivity contribution in [3.8, 4) is 5.88 Å². The Kier molecular flexibility index (Phi) is 11.5. The first-order valence-electron chi connectivity index (χ1n) is 23.3. The third kappa shape index (κ3) is 8.43. The molecule has 2 aromatic heterocycles. The van der Waals surface area contributed by atoms with Crippen LogP contribution in [-0.2, 0) is 32.1 Å². The topological polar surface area (TPSA) is 203 Å². The minimum absolute atomic E-state index is 0.0730. The molecule has 2 atom stereocenters. The molecule has 68 heavy (non-hydrogen) atoms. The lowest BCUT2D eigenvalue weighted by Crippen LogP contribution is -2.63. The van der Waals surface area contributed by atoms with Crippen molar-refractivity contribution in [2.75, 3.05) is 79.0 Å². The molecule has 10 rings (SSSR count). The van der Waals surface area contributed by atoms with Gasteiger partial charge in [-0.2, -0.15) is 0 Å². The summed E-state index contributed by atoms with van der Waals surface area (Å²) in [6.07, 6.45) is 4.17. The van der Waals surface area contributed by atoms with E-state index in [2.05, 4.69) is 35.3 Å². The summed E-state index contributed by atoms with van der Waals surface area (Å²) in [5, 5.41) is 5.58. The summed E-state index contributed by atoms with van der Waals surface area (Å²) < 4.78 is 11.6. The van der Waals surface area contributed by atoms with Crippen LogP contribution < -0.4 is 30.1 Å². The smallest absolute Gasteiger partial charge is 0.415 e. The molecule has 6 aliphatic heterocycles. The number of ether oxygens (including phenoxy) is 2. The fraction of sp³-hybridized carbons (Fsp3) is 0.449. The van der Waals surface area contributed by atoms with Gasteiger partial charge in [-0.05, 0) is 88.9 Å². The van der Waals surface area contributed by atoms with Crippen molar-refractivity contribution in [1.82, 2.24) is 35.0 Å². The number of fused-ring (bicyclic) bond motifs is 3. The number of aromatic nitrogens is 3. The SMILES string of the molecule is Cc1c(N2CCc3cnc(Nc4ccc([C@H](C)C(=O)N5CCN(C6CN(c7ccc8c(c7)C(=O)N(C7CCC(=O)NC7=O)C8=O)C6)CC5)cc4)nc3C2)cnc2c1N(C(=O)OC(C)(C)C)CCO2. The molecule has 3 saturated heterocycles. The number of anilines is 5. The van der Waals surface area contributed by atoms with Gasteiger partial charge in [0.15, 0.2) is 0 Å². The van der Waals surface area contributed by atoms with Gasteiger partial charge in [0.1, 0.15) is 23.9 Å². The zero-order valence-electron chi connectivity index (χ0n) is 38.9. The summed E-state index contributed by atoms with van der Waals surface area (Å²) in [6.45, 7) is 15.7. The number of hydrogen-bond donors (Lipinski definition) is 2. The van der Waals surface area contributed by atoms with Crippen LogP contribution in [-0.4, -0.2) is 142 Å². The highest BCUT2D eigenvalue weighted by Crippen LogP contribution is 2.40. The third-order valence-corrected chi connectivity index (χ3v) is 13.8. The van der Waals surface area contributed by atoms with Gasteiger partial charge in [-0.25, -0.2) is 19.7 Å². The highest BCUT2D eigenvalue weighted by molar-refractivity contribution is 6.23. The Labute approximate surface area is 393 Å². The van der Waals surface area contributed by atoms with Gasteiger partial charge in [-0.15, -0.1) is 0 Å². The number of rotatable bonds is 8.